The summed E-state index contributed by atoms with van der Waals surface area (Å²) in [6.07, 6.45) is 2.42. The van der Waals surface area contributed by atoms with Crippen LogP contribution in [-0.4, -0.2) is 55.4 Å². The first-order valence-electron chi connectivity index (χ1n) is 9.27. The molecule has 0 radical (unpaired) electrons. The van der Waals surface area contributed by atoms with Gasteiger partial charge >= 0.3 is 6.03 Å². The predicted octanol–water partition coefficient (Wildman–Crippen LogP) is 2.11. The summed E-state index contributed by atoms with van der Waals surface area (Å²) in [5.74, 6) is 1.63. The number of para-hydroxylation sites is 1. The second-order valence-corrected chi connectivity index (χ2v) is 6.18. The normalized spacial score (nSPS) is 13.9. The van der Waals surface area contributed by atoms with Crippen molar-refractivity contribution in [1.29, 1.82) is 0 Å². The van der Waals surface area contributed by atoms with E-state index in [0.717, 1.165) is 42.4 Å². The highest BCUT2D eigenvalue weighted by Gasteiger charge is 2.13. The Hall–Kier alpha value is -2.87. The molecule has 0 aliphatic carbocycles. The largest absolute Gasteiger partial charge is 0.378 e. The van der Waals surface area contributed by atoms with Crippen LogP contribution in [0, 0.1) is 0 Å². The van der Waals surface area contributed by atoms with Crippen molar-refractivity contribution < 1.29 is 9.53 Å². The fourth-order valence-corrected chi connectivity index (χ4v) is 2.89. The highest BCUT2D eigenvalue weighted by Crippen LogP contribution is 2.16. The second-order valence-electron chi connectivity index (χ2n) is 6.18. The van der Waals surface area contributed by atoms with E-state index in [4.69, 9.17) is 4.74 Å². The summed E-state index contributed by atoms with van der Waals surface area (Å²) < 4.78 is 5.36. The minimum atomic E-state index is -0.214. The zero-order chi connectivity index (χ0) is 18.9. The molecule has 144 valence electrons. The lowest BCUT2D eigenvalue weighted by molar-refractivity contribution is 0.122. The predicted molar refractivity (Wildman–Crippen MR) is 106 cm³/mol. The van der Waals surface area contributed by atoms with E-state index in [9.17, 15) is 4.79 Å². The van der Waals surface area contributed by atoms with Gasteiger partial charge in [0.1, 0.15) is 18.0 Å². The molecule has 0 bridgehead atoms. The molecular formula is C19H26N6O2. The van der Waals surface area contributed by atoms with E-state index in [2.05, 4.69) is 37.7 Å². The summed E-state index contributed by atoms with van der Waals surface area (Å²) in [5, 5.41) is 8.95. The Labute approximate surface area is 159 Å². The summed E-state index contributed by atoms with van der Waals surface area (Å²) in [7, 11) is 0. The summed E-state index contributed by atoms with van der Waals surface area (Å²) in [6, 6.07) is 9.51. The third-order valence-corrected chi connectivity index (χ3v) is 4.35. The topological polar surface area (TPSA) is 91.4 Å². The van der Waals surface area contributed by atoms with Crippen LogP contribution >= 0.6 is 0 Å². The third kappa shape index (κ3) is 5.55. The van der Waals surface area contributed by atoms with Gasteiger partial charge in [-0.2, -0.15) is 0 Å². The van der Waals surface area contributed by atoms with Crippen molar-refractivity contribution in [2.75, 3.05) is 54.9 Å². The van der Waals surface area contributed by atoms with E-state index in [1.54, 1.807) is 6.33 Å². The molecule has 1 aromatic heterocycles. The number of benzene rings is 1. The first kappa shape index (κ1) is 18.9. The summed E-state index contributed by atoms with van der Waals surface area (Å²) in [6.45, 7) is 6.21. The molecule has 2 amide bonds. The molecule has 0 atom stereocenters. The van der Waals surface area contributed by atoms with Crippen LogP contribution in [0.2, 0.25) is 0 Å². The Morgan fingerprint density at radius 2 is 2.00 bits per heavy atom. The number of urea groups is 1. The number of rotatable bonds is 7. The molecule has 1 aliphatic rings. The van der Waals surface area contributed by atoms with E-state index in [-0.39, 0.29) is 6.03 Å². The van der Waals surface area contributed by atoms with Crippen LogP contribution in [0.15, 0.2) is 36.7 Å². The van der Waals surface area contributed by atoms with Crippen molar-refractivity contribution in [3.63, 3.8) is 0 Å². The lowest BCUT2D eigenvalue weighted by Crippen LogP contribution is -2.36. The Morgan fingerprint density at radius 3 is 2.81 bits per heavy atom. The number of aromatic nitrogens is 2. The lowest BCUT2D eigenvalue weighted by Gasteiger charge is -2.27. The first-order valence-corrected chi connectivity index (χ1v) is 9.27. The van der Waals surface area contributed by atoms with Gasteiger partial charge in [-0.25, -0.2) is 14.8 Å². The molecule has 2 heterocycles. The van der Waals surface area contributed by atoms with Crippen LogP contribution in [0.1, 0.15) is 12.5 Å². The van der Waals surface area contributed by atoms with Crippen molar-refractivity contribution in [2.24, 2.45) is 0 Å². The molecule has 1 saturated heterocycles. The van der Waals surface area contributed by atoms with Gasteiger partial charge in [0.05, 0.1) is 13.2 Å². The number of amides is 2. The zero-order valence-corrected chi connectivity index (χ0v) is 15.6. The van der Waals surface area contributed by atoms with Gasteiger partial charge in [0.25, 0.3) is 0 Å². The van der Waals surface area contributed by atoms with Gasteiger partial charge in [-0.15, -0.1) is 0 Å². The lowest BCUT2D eigenvalue weighted by atomic mass is 10.1. The highest BCUT2D eigenvalue weighted by atomic mass is 16.5. The molecule has 3 rings (SSSR count). The number of nitrogens with one attached hydrogen (secondary N) is 3. The Morgan fingerprint density at radius 1 is 1.19 bits per heavy atom. The Balaban J connectivity index is 1.42. The van der Waals surface area contributed by atoms with Crippen LogP contribution in [0.4, 0.5) is 22.1 Å². The maximum atomic E-state index is 12.1. The van der Waals surface area contributed by atoms with Gasteiger partial charge in [-0.1, -0.05) is 25.1 Å². The van der Waals surface area contributed by atoms with Gasteiger partial charge in [0.2, 0.25) is 0 Å². The van der Waals surface area contributed by atoms with E-state index < -0.39 is 0 Å². The number of carbonyl (C=O) groups is 1. The van der Waals surface area contributed by atoms with E-state index >= 15 is 0 Å². The van der Waals surface area contributed by atoms with Gasteiger partial charge in [0, 0.05) is 37.9 Å². The van der Waals surface area contributed by atoms with Crippen molar-refractivity contribution >= 4 is 23.4 Å². The van der Waals surface area contributed by atoms with Gasteiger partial charge < -0.3 is 25.6 Å². The van der Waals surface area contributed by atoms with E-state index in [0.29, 0.717) is 26.3 Å². The number of nitrogens with zero attached hydrogens (tertiary/aromatic N) is 3. The minimum Gasteiger partial charge on any atom is -0.378 e. The quantitative estimate of drug-likeness (QED) is 0.647. The molecule has 0 spiro atoms. The maximum absolute atomic E-state index is 12.1. The molecule has 0 unspecified atom stereocenters. The number of aryl methyl sites for hydroxylation is 1. The third-order valence-electron chi connectivity index (χ3n) is 4.35. The maximum Gasteiger partial charge on any atom is 0.319 e. The van der Waals surface area contributed by atoms with Crippen molar-refractivity contribution in [3.05, 3.63) is 42.2 Å². The molecule has 1 fully saturated rings. The molecule has 8 heteroatoms. The summed E-state index contributed by atoms with van der Waals surface area (Å²) >= 11 is 0. The van der Waals surface area contributed by atoms with E-state index in [1.807, 2.05) is 30.3 Å². The first-order chi connectivity index (χ1) is 13.3. The highest BCUT2D eigenvalue weighted by molar-refractivity contribution is 5.90. The van der Waals surface area contributed by atoms with Crippen LogP contribution < -0.4 is 20.9 Å². The van der Waals surface area contributed by atoms with Gasteiger partial charge in [-0.3, -0.25) is 0 Å². The molecule has 0 saturated carbocycles. The molecule has 3 N–H and O–H groups in total. The van der Waals surface area contributed by atoms with Crippen LogP contribution in [0.25, 0.3) is 0 Å². The minimum absolute atomic E-state index is 0.214. The molecule has 8 nitrogen and oxygen atoms in total. The number of carbonyl (C=O) groups excluding carboxylic acids is 1. The van der Waals surface area contributed by atoms with Crippen molar-refractivity contribution in [1.82, 2.24) is 15.3 Å². The Bertz CT molecular complexity index is 748. The molecule has 2 aromatic rings. The average molecular weight is 370 g/mol. The van der Waals surface area contributed by atoms with Crippen LogP contribution in [0.5, 0.6) is 0 Å². The number of morpholine rings is 1. The van der Waals surface area contributed by atoms with Gasteiger partial charge in [-0.05, 0) is 18.1 Å². The number of ether oxygens (including phenoxy) is 1. The monoisotopic (exact) mass is 370 g/mol. The molecule has 1 aliphatic heterocycles. The van der Waals surface area contributed by atoms with Gasteiger partial charge in [0.15, 0.2) is 0 Å². The van der Waals surface area contributed by atoms with Crippen molar-refractivity contribution in [2.45, 2.75) is 13.3 Å². The summed E-state index contributed by atoms with van der Waals surface area (Å²) in [4.78, 5) is 22.8. The molecule has 1 aromatic carbocycles. The average Bonchev–Trinajstić information content (AvgIpc) is 2.72. The number of hydrogen-bond acceptors (Lipinski definition) is 6. The second kappa shape index (κ2) is 9.72. The number of anilines is 3. The fourth-order valence-electron chi connectivity index (χ4n) is 2.89. The molecule has 27 heavy (non-hydrogen) atoms. The SMILES string of the molecule is CCc1ccccc1NC(=O)NCCNc1cc(N2CCOCC2)ncn1. The van der Waals surface area contributed by atoms with Crippen molar-refractivity contribution in [3.8, 4) is 0 Å². The van der Waals surface area contributed by atoms with E-state index in [1.165, 1.54) is 0 Å². The zero-order valence-electron chi connectivity index (χ0n) is 15.6. The standard InChI is InChI=1S/C19H26N6O2/c1-2-15-5-3-4-6-16(15)24-19(26)21-8-7-20-17-13-18(23-14-22-17)25-9-11-27-12-10-25/h3-6,13-14H,2,7-12H2,1H3,(H,20,22,23)(H2,21,24,26). The smallest absolute Gasteiger partial charge is 0.319 e. The number of hydrogen-bond donors (Lipinski definition) is 3. The molecular weight excluding hydrogens is 344 g/mol. The fraction of sp³-hybridized carbons (Fsp3) is 0.421. The Kier molecular flexibility index (Phi) is 6.81. The van der Waals surface area contributed by atoms with Crippen LogP contribution in [0.3, 0.4) is 0 Å². The summed E-state index contributed by atoms with van der Waals surface area (Å²) in [5.41, 5.74) is 1.96. The van der Waals surface area contributed by atoms with Crippen LogP contribution in [-0.2, 0) is 11.2 Å².